The number of benzene rings is 1. The van der Waals surface area contributed by atoms with E-state index in [4.69, 9.17) is 5.73 Å². The van der Waals surface area contributed by atoms with Crippen LogP contribution in [0, 0.1) is 0 Å². The fourth-order valence-electron chi connectivity index (χ4n) is 1.66. The second kappa shape index (κ2) is 7.43. The highest BCUT2D eigenvalue weighted by molar-refractivity contribution is 5.15. The lowest BCUT2D eigenvalue weighted by Crippen LogP contribution is -2.29. The SMILES string of the molecule is C[C@@H](Cc1ccccc1)NCCCCN. The van der Waals surface area contributed by atoms with Gasteiger partial charge >= 0.3 is 0 Å². The van der Waals surface area contributed by atoms with Crippen molar-refractivity contribution in [3.8, 4) is 0 Å². The molecule has 0 radical (unpaired) electrons. The van der Waals surface area contributed by atoms with E-state index in [9.17, 15) is 0 Å². The van der Waals surface area contributed by atoms with Crippen molar-refractivity contribution >= 4 is 0 Å². The molecular weight excluding hydrogens is 184 g/mol. The van der Waals surface area contributed by atoms with Crippen LogP contribution in [0.1, 0.15) is 25.3 Å². The maximum absolute atomic E-state index is 5.44. The molecule has 2 nitrogen and oxygen atoms in total. The Morgan fingerprint density at radius 3 is 2.60 bits per heavy atom. The summed E-state index contributed by atoms with van der Waals surface area (Å²) in [6.07, 6.45) is 3.39. The Bertz CT molecular complexity index is 246. The predicted molar refractivity (Wildman–Crippen MR) is 65.9 cm³/mol. The van der Waals surface area contributed by atoms with Gasteiger partial charge in [0, 0.05) is 6.04 Å². The number of rotatable bonds is 7. The lowest BCUT2D eigenvalue weighted by molar-refractivity contribution is 0.527. The lowest BCUT2D eigenvalue weighted by atomic mass is 10.1. The van der Waals surface area contributed by atoms with Crippen molar-refractivity contribution in [1.82, 2.24) is 5.32 Å². The molecule has 0 amide bonds. The Balaban J connectivity index is 2.16. The lowest BCUT2D eigenvalue weighted by Gasteiger charge is -2.13. The predicted octanol–water partition coefficient (Wildman–Crippen LogP) is 1.95. The van der Waals surface area contributed by atoms with Crippen LogP contribution in [0.4, 0.5) is 0 Å². The first-order valence-corrected chi connectivity index (χ1v) is 5.80. The molecule has 1 aromatic rings. The van der Waals surface area contributed by atoms with Gasteiger partial charge in [-0.15, -0.1) is 0 Å². The molecular formula is C13H22N2. The minimum Gasteiger partial charge on any atom is -0.330 e. The van der Waals surface area contributed by atoms with E-state index >= 15 is 0 Å². The fourth-order valence-corrected chi connectivity index (χ4v) is 1.66. The molecule has 1 rings (SSSR count). The minimum atomic E-state index is 0.546. The quantitative estimate of drug-likeness (QED) is 0.669. The van der Waals surface area contributed by atoms with Crippen molar-refractivity contribution < 1.29 is 0 Å². The van der Waals surface area contributed by atoms with Gasteiger partial charge in [-0.1, -0.05) is 30.3 Å². The summed E-state index contributed by atoms with van der Waals surface area (Å²) in [5, 5.41) is 3.51. The molecule has 1 atom stereocenters. The number of hydrogen-bond acceptors (Lipinski definition) is 2. The Morgan fingerprint density at radius 1 is 1.20 bits per heavy atom. The van der Waals surface area contributed by atoms with E-state index in [1.54, 1.807) is 0 Å². The van der Waals surface area contributed by atoms with Gasteiger partial charge in [0.15, 0.2) is 0 Å². The molecule has 0 aliphatic carbocycles. The molecule has 0 saturated heterocycles. The van der Waals surface area contributed by atoms with Crippen molar-refractivity contribution in [3.05, 3.63) is 35.9 Å². The monoisotopic (exact) mass is 206 g/mol. The number of hydrogen-bond donors (Lipinski definition) is 2. The normalized spacial score (nSPS) is 12.7. The summed E-state index contributed by atoms with van der Waals surface area (Å²) in [4.78, 5) is 0. The molecule has 0 heterocycles. The smallest absolute Gasteiger partial charge is 0.00791 e. The first kappa shape index (κ1) is 12.2. The minimum absolute atomic E-state index is 0.546. The van der Waals surface area contributed by atoms with Crippen molar-refractivity contribution in [2.75, 3.05) is 13.1 Å². The Hall–Kier alpha value is -0.860. The van der Waals surface area contributed by atoms with Gasteiger partial charge in [-0.25, -0.2) is 0 Å². The molecule has 0 unspecified atom stereocenters. The summed E-state index contributed by atoms with van der Waals surface area (Å²) in [7, 11) is 0. The van der Waals surface area contributed by atoms with E-state index in [2.05, 4.69) is 42.6 Å². The van der Waals surface area contributed by atoms with Gasteiger partial charge < -0.3 is 11.1 Å². The van der Waals surface area contributed by atoms with Gasteiger partial charge in [0.05, 0.1) is 0 Å². The molecule has 0 aliphatic heterocycles. The summed E-state index contributed by atoms with van der Waals surface area (Å²) >= 11 is 0. The van der Waals surface area contributed by atoms with E-state index in [0.717, 1.165) is 25.9 Å². The zero-order valence-electron chi connectivity index (χ0n) is 9.58. The van der Waals surface area contributed by atoms with Gasteiger partial charge in [-0.05, 0) is 44.8 Å². The van der Waals surface area contributed by atoms with Crippen molar-refractivity contribution in [1.29, 1.82) is 0 Å². The van der Waals surface area contributed by atoms with E-state index < -0.39 is 0 Å². The first-order valence-electron chi connectivity index (χ1n) is 5.80. The Labute approximate surface area is 92.9 Å². The van der Waals surface area contributed by atoms with Crippen LogP contribution in [0.3, 0.4) is 0 Å². The van der Waals surface area contributed by atoms with Crippen molar-refractivity contribution in [2.45, 2.75) is 32.2 Å². The summed E-state index contributed by atoms with van der Waals surface area (Å²) < 4.78 is 0. The second-order valence-corrected chi connectivity index (χ2v) is 4.04. The van der Waals surface area contributed by atoms with E-state index in [-0.39, 0.29) is 0 Å². The summed E-state index contributed by atoms with van der Waals surface area (Å²) in [6, 6.07) is 11.1. The zero-order valence-corrected chi connectivity index (χ0v) is 9.58. The van der Waals surface area contributed by atoms with Gasteiger partial charge in [0.2, 0.25) is 0 Å². The van der Waals surface area contributed by atoms with Crippen LogP contribution in [0.15, 0.2) is 30.3 Å². The first-order chi connectivity index (χ1) is 7.33. The van der Waals surface area contributed by atoms with E-state index in [1.165, 1.54) is 12.0 Å². The maximum Gasteiger partial charge on any atom is 0.00791 e. The van der Waals surface area contributed by atoms with Crippen LogP contribution < -0.4 is 11.1 Å². The molecule has 0 bridgehead atoms. The van der Waals surface area contributed by atoms with Crippen LogP contribution in [-0.2, 0) is 6.42 Å². The van der Waals surface area contributed by atoms with E-state index in [1.807, 2.05) is 0 Å². The molecule has 1 aromatic carbocycles. The summed E-state index contributed by atoms with van der Waals surface area (Å²) in [6.45, 7) is 4.11. The highest BCUT2D eigenvalue weighted by Crippen LogP contribution is 2.02. The standard InChI is InChI=1S/C13H22N2/c1-12(15-10-6-5-9-14)11-13-7-3-2-4-8-13/h2-4,7-8,12,15H,5-6,9-11,14H2,1H3/t12-/m0/s1. The van der Waals surface area contributed by atoms with Crippen LogP contribution in [0.5, 0.6) is 0 Å². The summed E-state index contributed by atoms with van der Waals surface area (Å²) in [5.41, 5.74) is 6.84. The van der Waals surface area contributed by atoms with Crippen molar-refractivity contribution in [2.24, 2.45) is 5.73 Å². The van der Waals surface area contributed by atoms with E-state index in [0.29, 0.717) is 6.04 Å². The molecule has 2 heteroatoms. The van der Waals surface area contributed by atoms with Crippen LogP contribution in [-0.4, -0.2) is 19.1 Å². The third-order valence-electron chi connectivity index (χ3n) is 2.51. The average Bonchev–Trinajstić information content (AvgIpc) is 2.26. The average molecular weight is 206 g/mol. The molecule has 84 valence electrons. The number of nitrogens with two attached hydrogens (primary N) is 1. The van der Waals surface area contributed by atoms with Crippen LogP contribution in [0.2, 0.25) is 0 Å². The number of nitrogens with one attached hydrogen (secondary N) is 1. The molecule has 3 N–H and O–H groups in total. The van der Waals surface area contributed by atoms with Gasteiger partial charge in [-0.3, -0.25) is 0 Å². The topological polar surface area (TPSA) is 38.0 Å². The third-order valence-corrected chi connectivity index (χ3v) is 2.51. The maximum atomic E-state index is 5.44. The highest BCUT2D eigenvalue weighted by atomic mass is 14.9. The molecule has 15 heavy (non-hydrogen) atoms. The third kappa shape index (κ3) is 5.55. The molecule has 0 aliphatic rings. The number of unbranched alkanes of at least 4 members (excludes halogenated alkanes) is 1. The molecule has 0 saturated carbocycles. The molecule has 0 spiro atoms. The summed E-state index contributed by atoms with van der Waals surface area (Å²) in [5.74, 6) is 0. The van der Waals surface area contributed by atoms with Crippen LogP contribution in [0.25, 0.3) is 0 Å². The van der Waals surface area contributed by atoms with Gasteiger partial charge in [0.1, 0.15) is 0 Å². The highest BCUT2D eigenvalue weighted by Gasteiger charge is 2.01. The second-order valence-electron chi connectivity index (χ2n) is 4.04. The molecule has 0 aromatic heterocycles. The van der Waals surface area contributed by atoms with Gasteiger partial charge in [-0.2, -0.15) is 0 Å². The Kier molecular flexibility index (Phi) is 6.05. The van der Waals surface area contributed by atoms with Crippen molar-refractivity contribution in [3.63, 3.8) is 0 Å². The molecule has 0 fully saturated rings. The zero-order chi connectivity index (χ0) is 10.9. The fraction of sp³-hybridized carbons (Fsp3) is 0.538. The van der Waals surface area contributed by atoms with Crippen LogP contribution >= 0.6 is 0 Å². The van der Waals surface area contributed by atoms with Gasteiger partial charge in [0.25, 0.3) is 0 Å². The Morgan fingerprint density at radius 2 is 1.93 bits per heavy atom. The largest absolute Gasteiger partial charge is 0.330 e.